The van der Waals surface area contributed by atoms with Crippen LogP contribution in [0.15, 0.2) is 24.3 Å². The van der Waals surface area contributed by atoms with Crippen LogP contribution in [0.2, 0.25) is 0 Å². The molecule has 1 heterocycles. The Morgan fingerprint density at radius 3 is 2.47 bits per heavy atom. The average Bonchev–Trinajstić information content (AvgIpc) is 2.85. The fraction of sp³-hybridized carbons (Fsp3) is 0.571. The Morgan fingerprint density at radius 1 is 1.27 bits per heavy atom. The van der Waals surface area contributed by atoms with Gasteiger partial charge in [0.25, 0.3) is 0 Å². The highest BCUT2D eigenvalue weighted by Gasteiger charge is 2.49. The lowest BCUT2D eigenvalue weighted by Gasteiger charge is -2.35. The maximum absolute atomic E-state index is 12.7. The molecule has 1 fully saturated rings. The van der Waals surface area contributed by atoms with Gasteiger partial charge in [0.2, 0.25) is 0 Å². The summed E-state index contributed by atoms with van der Waals surface area (Å²) in [7, 11) is 0. The topological polar surface area (TPSA) is 113 Å². The van der Waals surface area contributed by atoms with Crippen molar-refractivity contribution in [2.75, 3.05) is 18.5 Å². The number of anilines is 1. The third kappa shape index (κ3) is 6.26. The minimum absolute atomic E-state index is 0.0423. The van der Waals surface area contributed by atoms with Gasteiger partial charge < -0.3 is 24.8 Å². The van der Waals surface area contributed by atoms with Crippen LogP contribution in [-0.2, 0) is 9.47 Å². The van der Waals surface area contributed by atoms with Gasteiger partial charge in [-0.15, -0.1) is 0 Å². The Morgan fingerprint density at radius 2 is 1.90 bits per heavy atom. The summed E-state index contributed by atoms with van der Waals surface area (Å²) in [5.74, 6) is 0.537. The second-order valence-corrected chi connectivity index (χ2v) is 8.49. The van der Waals surface area contributed by atoms with E-state index in [4.69, 9.17) is 19.5 Å². The molecule has 0 bridgehead atoms. The highest BCUT2D eigenvalue weighted by Crippen LogP contribution is 2.33. The number of carbonyl (C=O) groups is 2. The molecule has 0 aliphatic carbocycles. The van der Waals surface area contributed by atoms with Gasteiger partial charge in [0, 0.05) is 12.2 Å². The van der Waals surface area contributed by atoms with E-state index in [0.717, 1.165) is 0 Å². The molecule has 1 aliphatic heterocycles. The standard InChI is InChI=1S/C21H30N4O5/c1-14-17(25(21(5,6)29-14)19(27)30-20(2,3)4)13-23-18(26)24-15-7-9-16(10-8-15)28-12-11-22/h7-10,14,17H,12-13H2,1-6H3,(H2,23,24,26)/t14-,17-/m0/s1. The summed E-state index contributed by atoms with van der Waals surface area (Å²) in [6.07, 6.45) is -0.776. The maximum atomic E-state index is 12.7. The third-order valence-corrected chi connectivity index (χ3v) is 4.41. The van der Waals surface area contributed by atoms with Gasteiger partial charge in [0.1, 0.15) is 23.1 Å². The van der Waals surface area contributed by atoms with E-state index in [1.807, 2.05) is 13.0 Å². The van der Waals surface area contributed by atoms with E-state index < -0.39 is 23.5 Å². The van der Waals surface area contributed by atoms with Crippen molar-refractivity contribution in [3.8, 4) is 11.8 Å². The largest absolute Gasteiger partial charge is 0.479 e. The van der Waals surface area contributed by atoms with Gasteiger partial charge in [0.05, 0.1) is 12.1 Å². The van der Waals surface area contributed by atoms with Crippen molar-refractivity contribution in [3.05, 3.63) is 24.3 Å². The Hall–Kier alpha value is -2.99. The summed E-state index contributed by atoms with van der Waals surface area (Å²) in [5, 5.41) is 14.0. The first kappa shape index (κ1) is 23.3. The summed E-state index contributed by atoms with van der Waals surface area (Å²) >= 11 is 0. The summed E-state index contributed by atoms with van der Waals surface area (Å²) < 4.78 is 16.6. The van der Waals surface area contributed by atoms with Crippen molar-refractivity contribution in [2.24, 2.45) is 0 Å². The van der Waals surface area contributed by atoms with Crippen LogP contribution >= 0.6 is 0 Å². The van der Waals surface area contributed by atoms with E-state index in [9.17, 15) is 9.59 Å². The molecule has 30 heavy (non-hydrogen) atoms. The lowest BCUT2D eigenvalue weighted by Crippen LogP contribution is -2.53. The van der Waals surface area contributed by atoms with Gasteiger partial charge in [0.15, 0.2) is 6.61 Å². The number of nitrogens with one attached hydrogen (secondary N) is 2. The monoisotopic (exact) mass is 418 g/mol. The molecule has 1 aliphatic rings. The fourth-order valence-electron chi connectivity index (χ4n) is 3.25. The van der Waals surface area contributed by atoms with Gasteiger partial charge in [-0.1, -0.05) is 0 Å². The smallest absolute Gasteiger partial charge is 0.412 e. The molecule has 1 aromatic carbocycles. The van der Waals surface area contributed by atoms with Crippen LogP contribution in [0.25, 0.3) is 0 Å². The number of benzene rings is 1. The van der Waals surface area contributed by atoms with Gasteiger partial charge >= 0.3 is 12.1 Å². The molecule has 0 unspecified atom stereocenters. The van der Waals surface area contributed by atoms with E-state index in [2.05, 4.69) is 10.6 Å². The predicted molar refractivity (Wildman–Crippen MR) is 111 cm³/mol. The number of hydrogen-bond donors (Lipinski definition) is 2. The zero-order valence-corrected chi connectivity index (χ0v) is 18.3. The highest BCUT2D eigenvalue weighted by molar-refractivity contribution is 5.89. The number of amides is 3. The zero-order valence-electron chi connectivity index (χ0n) is 18.3. The van der Waals surface area contributed by atoms with E-state index in [1.54, 1.807) is 58.9 Å². The third-order valence-electron chi connectivity index (χ3n) is 4.41. The van der Waals surface area contributed by atoms with Crippen molar-refractivity contribution in [1.29, 1.82) is 5.26 Å². The number of rotatable bonds is 5. The van der Waals surface area contributed by atoms with Gasteiger partial charge in [-0.05, 0) is 65.8 Å². The number of hydrogen-bond acceptors (Lipinski definition) is 6. The van der Waals surface area contributed by atoms with Gasteiger partial charge in [-0.3, -0.25) is 4.90 Å². The van der Waals surface area contributed by atoms with Crippen LogP contribution in [0.5, 0.6) is 5.75 Å². The highest BCUT2D eigenvalue weighted by atomic mass is 16.6. The minimum Gasteiger partial charge on any atom is -0.479 e. The van der Waals surface area contributed by atoms with Gasteiger partial charge in [-0.25, -0.2) is 9.59 Å². The first-order valence-electron chi connectivity index (χ1n) is 9.78. The summed E-state index contributed by atoms with van der Waals surface area (Å²) in [5.41, 5.74) is -0.932. The van der Waals surface area contributed by atoms with Crippen molar-refractivity contribution in [2.45, 2.75) is 65.0 Å². The van der Waals surface area contributed by atoms with E-state index >= 15 is 0 Å². The Bertz CT molecular complexity index is 795. The molecule has 2 rings (SSSR count). The molecule has 2 N–H and O–H groups in total. The summed E-state index contributed by atoms with van der Waals surface area (Å²) in [6, 6.07) is 7.75. The molecule has 0 saturated carbocycles. The first-order chi connectivity index (χ1) is 13.9. The Balaban J connectivity index is 1.97. The molecule has 9 heteroatoms. The Labute approximate surface area is 177 Å². The fourth-order valence-corrected chi connectivity index (χ4v) is 3.25. The molecule has 0 aromatic heterocycles. The number of nitriles is 1. The van der Waals surface area contributed by atoms with Crippen LogP contribution < -0.4 is 15.4 Å². The molecular weight excluding hydrogens is 388 g/mol. The molecule has 9 nitrogen and oxygen atoms in total. The van der Waals surface area contributed by atoms with E-state index in [-0.39, 0.29) is 25.3 Å². The van der Waals surface area contributed by atoms with E-state index in [0.29, 0.717) is 11.4 Å². The number of urea groups is 1. The number of ether oxygens (including phenoxy) is 3. The van der Waals surface area contributed by atoms with Crippen LogP contribution in [0.1, 0.15) is 41.5 Å². The normalized spacial score (nSPS) is 20.2. The van der Waals surface area contributed by atoms with Crippen LogP contribution in [0.4, 0.5) is 15.3 Å². The molecule has 1 aromatic rings. The molecule has 1 saturated heterocycles. The second kappa shape index (κ2) is 9.22. The SMILES string of the molecule is C[C@@H]1OC(C)(C)N(C(=O)OC(C)(C)C)[C@H]1CNC(=O)Nc1ccc(OCC#N)cc1. The van der Waals surface area contributed by atoms with Crippen molar-refractivity contribution in [1.82, 2.24) is 10.2 Å². The molecule has 2 atom stereocenters. The molecule has 164 valence electrons. The lowest BCUT2D eigenvalue weighted by molar-refractivity contribution is -0.0756. The predicted octanol–water partition coefficient (Wildman–Crippen LogP) is 3.47. The summed E-state index contributed by atoms with van der Waals surface area (Å²) in [6.45, 7) is 11.0. The summed E-state index contributed by atoms with van der Waals surface area (Å²) in [4.78, 5) is 26.6. The van der Waals surface area contributed by atoms with Gasteiger partial charge in [-0.2, -0.15) is 5.26 Å². The van der Waals surface area contributed by atoms with E-state index in [1.165, 1.54) is 4.90 Å². The van der Waals surface area contributed by atoms with Crippen molar-refractivity contribution < 1.29 is 23.8 Å². The van der Waals surface area contributed by atoms with Crippen molar-refractivity contribution in [3.63, 3.8) is 0 Å². The zero-order chi connectivity index (χ0) is 22.5. The maximum Gasteiger partial charge on any atom is 0.412 e. The molecule has 0 radical (unpaired) electrons. The van der Waals surface area contributed by atoms with Crippen molar-refractivity contribution >= 4 is 17.8 Å². The molecule has 3 amide bonds. The molecule has 0 spiro atoms. The average molecular weight is 418 g/mol. The lowest BCUT2D eigenvalue weighted by atomic mass is 10.1. The molecular formula is C21H30N4O5. The Kier molecular flexibility index (Phi) is 7.16. The first-order valence-corrected chi connectivity index (χ1v) is 9.78. The number of carbonyl (C=O) groups excluding carboxylic acids is 2. The minimum atomic E-state index is -0.857. The van der Waals surface area contributed by atoms with Crippen LogP contribution in [-0.4, -0.2) is 53.6 Å². The van der Waals surface area contributed by atoms with Crippen LogP contribution in [0, 0.1) is 11.3 Å². The quantitative estimate of drug-likeness (QED) is 0.757. The van der Waals surface area contributed by atoms with Crippen LogP contribution in [0.3, 0.4) is 0 Å². The number of nitrogens with zero attached hydrogens (tertiary/aromatic N) is 2. The second-order valence-electron chi connectivity index (χ2n) is 8.49.